The van der Waals surface area contributed by atoms with Crippen LogP contribution in [0, 0.1) is 0 Å². The standard InChI is InChI=1S/C15H11NOS3/c16-8-7-9(17)13-12(8)14(10-3-1-5-18-10)20-15(13)11-4-2-6-19-11/h1-6,8H,7,16H2. The molecule has 1 aliphatic rings. The van der Waals surface area contributed by atoms with Gasteiger partial charge in [0.1, 0.15) is 0 Å². The van der Waals surface area contributed by atoms with E-state index in [4.69, 9.17) is 5.73 Å². The van der Waals surface area contributed by atoms with Crippen molar-refractivity contribution in [3.8, 4) is 19.5 Å². The maximum absolute atomic E-state index is 12.3. The number of Topliss-reactive ketones (excluding diaryl/α,β-unsaturated/α-hetero) is 1. The summed E-state index contributed by atoms with van der Waals surface area (Å²) in [5.74, 6) is 0.190. The molecule has 0 radical (unpaired) electrons. The molecule has 2 N–H and O–H groups in total. The van der Waals surface area contributed by atoms with Crippen molar-refractivity contribution in [1.82, 2.24) is 0 Å². The summed E-state index contributed by atoms with van der Waals surface area (Å²) in [6.45, 7) is 0. The zero-order chi connectivity index (χ0) is 13.7. The molecule has 0 aromatic carbocycles. The Morgan fingerprint density at radius 1 is 1.05 bits per heavy atom. The van der Waals surface area contributed by atoms with Crippen molar-refractivity contribution in [3.05, 3.63) is 46.2 Å². The van der Waals surface area contributed by atoms with Crippen LogP contribution >= 0.6 is 34.0 Å². The molecule has 3 aromatic rings. The normalized spacial score (nSPS) is 17.6. The van der Waals surface area contributed by atoms with Crippen LogP contribution < -0.4 is 5.73 Å². The van der Waals surface area contributed by atoms with Gasteiger partial charge in [-0.15, -0.1) is 34.0 Å². The van der Waals surface area contributed by atoms with Crippen LogP contribution in [-0.2, 0) is 0 Å². The van der Waals surface area contributed by atoms with Gasteiger partial charge in [0.25, 0.3) is 0 Å². The fourth-order valence-electron chi connectivity index (χ4n) is 2.65. The minimum absolute atomic E-state index is 0.153. The first-order chi connectivity index (χ1) is 9.75. The monoisotopic (exact) mass is 317 g/mol. The van der Waals surface area contributed by atoms with E-state index in [2.05, 4.69) is 17.5 Å². The van der Waals surface area contributed by atoms with E-state index in [0.717, 1.165) is 20.9 Å². The smallest absolute Gasteiger partial charge is 0.166 e. The Balaban J connectivity index is 2.01. The van der Waals surface area contributed by atoms with E-state index < -0.39 is 0 Å². The lowest BCUT2D eigenvalue weighted by molar-refractivity contribution is 0.0990. The Morgan fingerprint density at radius 3 is 2.30 bits per heavy atom. The number of carbonyl (C=O) groups excluding carboxylic acids is 1. The van der Waals surface area contributed by atoms with Crippen LogP contribution in [0.3, 0.4) is 0 Å². The largest absolute Gasteiger partial charge is 0.324 e. The molecular formula is C15H11NOS3. The lowest BCUT2D eigenvalue weighted by Crippen LogP contribution is -2.06. The van der Waals surface area contributed by atoms with Gasteiger partial charge >= 0.3 is 0 Å². The third-order valence-corrected chi connectivity index (χ3v) is 6.80. The highest BCUT2D eigenvalue weighted by molar-refractivity contribution is 7.26. The molecule has 0 bridgehead atoms. The number of carbonyl (C=O) groups is 1. The summed E-state index contributed by atoms with van der Waals surface area (Å²) in [7, 11) is 0. The lowest BCUT2D eigenvalue weighted by atomic mass is 10.1. The van der Waals surface area contributed by atoms with E-state index in [-0.39, 0.29) is 11.8 Å². The van der Waals surface area contributed by atoms with Gasteiger partial charge in [-0.2, -0.15) is 0 Å². The zero-order valence-corrected chi connectivity index (χ0v) is 12.9. The van der Waals surface area contributed by atoms with Gasteiger partial charge in [-0.3, -0.25) is 4.79 Å². The van der Waals surface area contributed by atoms with Gasteiger partial charge in [0.05, 0.1) is 9.75 Å². The molecule has 100 valence electrons. The quantitative estimate of drug-likeness (QED) is 0.738. The lowest BCUT2D eigenvalue weighted by Gasteiger charge is -2.03. The topological polar surface area (TPSA) is 43.1 Å². The summed E-state index contributed by atoms with van der Waals surface area (Å²) < 4.78 is 0. The molecule has 3 heterocycles. The number of fused-ring (bicyclic) bond motifs is 1. The second kappa shape index (κ2) is 4.63. The highest BCUT2D eigenvalue weighted by Gasteiger charge is 2.35. The van der Waals surface area contributed by atoms with Crippen molar-refractivity contribution in [2.75, 3.05) is 0 Å². The van der Waals surface area contributed by atoms with Crippen LogP contribution in [0.2, 0.25) is 0 Å². The molecule has 4 rings (SSSR count). The van der Waals surface area contributed by atoms with Gasteiger partial charge in [0.2, 0.25) is 0 Å². The van der Waals surface area contributed by atoms with E-state index in [1.807, 2.05) is 17.5 Å². The summed E-state index contributed by atoms with van der Waals surface area (Å²) in [5.41, 5.74) is 8.13. The highest BCUT2D eigenvalue weighted by atomic mass is 32.1. The molecule has 0 fully saturated rings. The summed E-state index contributed by atoms with van der Waals surface area (Å²) >= 11 is 5.08. The number of nitrogens with two attached hydrogens (primary N) is 1. The summed E-state index contributed by atoms with van der Waals surface area (Å²) in [6.07, 6.45) is 0.439. The third-order valence-electron chi connectivity index (χ3n) is 3.49. The van der Waals surface area contributed by atoms with Crippen molar-refractivity contribution >= 4 is 39.8 Å². The van der Waals surface area contributed by atoms with Crippen LogP contribution in [-0.4, -0.2) is 5.78 Å². The van der Waals surface area contributed by atoms with Crippen LogP contribution in [0.15, 0.2) is 35.0 Å². The fraction of sp³-hybridized carbons (Fsp3) is 0.133. The average molecular weight is 317 g/mol. The highest BCUT2D eigenvalue weighted by Crippen LogP contribution is 2.50. The van der Waals surface area contributed by atoms with E-state index in [1.165, 1.54) is 9.75 Å². The number of rotatable bonds is 2. The third kappa shape index (κ3) is 1.74. The van der Waals surface area contributed by atoms with E-state index in [9.17, 15) is 4.79 Å². The van der Waals surface area contributed by atoms with E-state index in [1.54, 1.807) is 34.0 Å². The van der Waals surface area contributed by atoms with Gasteiger partial charge in [0.15, 0.2) is 5.78 Å². The van der Waals surface area contributed by atoms with Crippen molar-refractivity contribution < 1.29 is 4.79 Å². The molecule has 1 unspecified atom stereocenters. The molecule has 0 amide bonds. The number of thiophene rings is 3. The molecule has 20 heavy (non-hydrogen) atoms. The Labute approximate surface area is 128 Å². The van der Waals surface area contributed by atoms with Gasteiger partial charge in [0, 0.05) is 33.3 Å². The fourth-order valence-corrected chi connectivity index (χ4v) is 5.77. The first-order valence-corrected chi connectivity index (χ1v) is 8.86. The molecule has 0 aliphatic heterocycles. The van der Waals surface area contributed by atoms with Crippen LogP contribution in [0.25, 0.3) is 19.5 Å². The van der Waals surface area contributed by atoms with Crippen molar-refractivity contribution in [2.24, 2.45) is 5.73 Å². The van der Waals surface area contributed by atoms with Gasteiger partial charge < -0.3 is 5.73 Å². The number of hydrogen-bond acceptors (Lipinski definition) is 5. The van der Waals surface area contributed by atoms with Gasteiger partial charge in [-0.05, 0) is 22.9 Å². The molecule has 2 nitrogen and oxygen atoms in total. The van der Waals surface area contributed by atoms with Gasteiger partial charge in [-0.25, -0.2) is 0 Å². The predicted molar refractivity (Wildman–Crippen MR) is 86.8 cm³/mol. The molecule has 1 atom stereocenters. The minimum Gasteiger partial charge on any atom is -0.324 e. The van der Waals surface area contributed by atoms with Crippen molar-refractivity contribution in [2.45, 2.75) is 12.5 Å². The SMILES string of the molecule is NC1CC(=O)c2c(-c3cccs3)sc(-c3cccs3)c21. The minimum atomic E-state index is -0.153. The predicted octanol–water partition coefficient (Wildman–Crippen LogP) is 4.79. The van der Waals surface area contributed by atoms with Crippen LogP contribution in [0.5, 0.6) is 0 Å². The second-order valence-electron chi connectivity index (χ2n) is 4.74. The molecule has 0 spiro atoms. The molecular weight excluding hydrogens is 306 g/mol. The van der Waals surface area contributed by atoms with E-state index >= 15 is 0 Å². The van der Waals surface area contributed by atoms with E-state index in [0.29, 0.717) is 6.42 Å². The maximum Gasteiger partial charge on any atom is 0.166 e. The summed E-state index contributed by atoms with van der Waals surface area (Å²) in [4.78, 5) is 17.0. The van der Waals surface area contributed by atoms with Crippen molar-refractivity contribution in [3.63, 3.8) is 0 Å². The Bertz CT molecular complexity index is 769. The Hall–Kier alpha value is -1.27. The second-order valence-corrected chi connectivity index (χ2v) is 7.65. The number of hydrogen-bond donors (Lipinski definition) is 1. The zero-order valence-electron chi connectivity index (χ0n) is 10.5. The van der Waals surface area contributed by atoms with Crippen LogP contribution in [0.1, 0.15) is 28.4 Å². The molecule has 1 aliphatic carbocycles. The average Bonchev–Trinajstić information content (AvgIpc) is 3.17. The first-order valence-electron chi connectivity index (χ1n) is 6.29. The molecule has 5 heteroatoms. The first kappa shape index (κ1) is 12.5. The van der Waals surface area contributed by atoms with Gasteiger partial charge in [-0.1, -0.05) is 12.1 Å². The summed E-state index contributed by atoms with van der Waals surface area (Å²) in [5, 5.41) is 4.11. The maximum atomic E-state index is 12.3. The molecule has 3 aromatic heterocycles. The summed E-state index contributed by atoms with van der Waals surface area (Å²) in [6, 6.07) is 8.09. The molecule has 0 saturated heterocycles. The Morgan fingerprint density at radius 2 is 1.70 bits per heavy atom. The number of ketones is 1. The Kier molecular flexibility index (Phi) is 2.89. The molecule has 0 saturated carbocycles. The van der Waals surface area contributed by atoms with Crippen molar-refractivity contribution in [1.29, 1.82) is 0 Å². The van der Waals surface area contributed by atoms with Crippen LogP contribution in [0.4, 0.5) is 0 Å².